The van der Waals surface area contributed by atoms with Crippen LogP contribution in [0, 0.1) is 30.9 Å². The van der Waals surface area contributed by atoms with E-state index in [-0.39, 0.29) is 17.2 Å². The number of hydrogen-bond donors (Lipinski definition) is 1. The lowest BCUT2D eigenvalue weighted by Gasteiger charge is -2.25. The lowest BCUT2D eigenvalue weighted by Crippen LogP contribution is -2.40. The Labute approximate surface area is 256 Å². The number of furan rings is 1. The second-order valence-corrected chi connectivity index (χ2v) is 11.7. The first kappa shape index (κ1) is 28.8. The first-order chi connectivity index (χ1) is 21.1. The minimum atomic E-state index is -0.694. The van der Waals surface area contributed by atoms with E-state index in [2.05, 4.69) is 10.3 Å². The minimum Gasteiger partial charge on any atom is -0.457 e. The lowest BCUT2D eigenvalue weighted by atomic mass is 9.94. The van der Waals surface area contributed by atoms with Gasteiger partial charge in [0.2, 0.25) is 0 Å². The van der Waals surface area contributed by atoms with Crippen molar-refractivity contribution in [2.75, 3.05) is 5.32 Å². The number of aromatic nitrogens is 1. The van der Waals surface area contributed by atoms with Crippen molar-refractivity contribution in [2.24, 2.45) is 4.99 Å². The van der Waals surface area contributed by atoms with E-state index in [0.717, 1.165) is 16.7 Å². The summed E-state index contributed by atoms with van der Waals surface area (Å²) in [4.78, 5) is 44.0. The zero-order valence-electron chi connectivity index (χ0n) is 24.5. The van der Waals surface area contributed by atoms with Crippen LogP contribution in [0.4, 0.5) is 11.4 Å². The zero-order chi connectivity index (χ0) is 31.1. The van der Waals surface area contributed by atoms with Crippen molar-refractivity contribution < 1.29 is 14.1 Å². The minimum absolute atomic E-state index is 0.0184. The molecule has 1 aliphatic rings. The highest BCUT2D eigenvalue weighted by Gasteiger charge is 2.32. The van der Waals surface area contributed by atoms with Gasteiger partial charge in [-0.25, -0.2) is 4.99 Å². The molecule has 9 nitrogen and oxygen atoms in total. The summed E-state index contributed by atoms with van der Waals surface area (Å²) in [7, 11) is 0. The molecule has 1 amide bonds. The summed E-state index contributed by atoms with van der Waals surface area (Å²) >= 11 is 1.21. The number of aryl methyl sites for hydroxylation is 2. The summed E-state index contributed by atoms with van der Waals surface area (Å²) in [5.41, 5.74) is 5.04. The summed E-state index contributed by atoms with van der Waals surface area (Å²) in [6, 6.07) is 23.0. The smallest absolute Gasteiger partial charge is 0.273 e. The average Bonchev–Trinajstić information content (AvgIpc) is 3.58. The van der Waals surface area contributed by atoms with Crippen molar-refractivity contribution in [3.63, 3.8) is 0 Å². The van der Waals surface area contributed by atoms with Crippen molar-refractivity contribution in [1.29, 1.82) is 0 Å². The quantitative estimate of drug-likeness (QED) is 0.189. The van der Waals surface area contributed by atoms with Crippen LogP contribution in [-0.4, -0.2) is 15.4 Å². The van der Waals surface area contributed by atoms with Crippen LogP contribution >= 0.6 is 11.3 Å². The van der Waals surface area contributed by atoms with Crippen LogP contribution in [0.1, 0.15) is 41.0 Å². The van der Waals surface area contributed by atoms with Gasteiger partial charge in [0.1, 0.15) is 11.5 Å². The maximum atomic E-state index is 14.0. The fourth-order valence-corrected chi connectivity index (χ4v) is 6.31. The van der Waals surface area contributed by atoms with Crippen LogP contribution in [0.25, 0.3) is 17.4 Å². The molecule has 220 valence electrons. The van der Waals surface area contributed by atoms with Crippen LogP contribution in [0.5, 0.6) is 0 Å². The van der Waals surface area contributed by atoms with Gasteiger partial charge < -0.3 is 9.73 Å². The molecule has 3 aromatic carbocycles. The molecule has 10 heteroatoms. The van der Waals surface area contributed by atoms with Gasteiger partial charge >= 0.3 is 0 Å². The Kier molecular flexibility index (Phi) is 7.44. The number of allylic oxidation sites excluding steroid dienone is 1. The summed E-state index contributed by atoms with van der Waals surface area (Å²) in [6.45, 7) is 7.29. The number of nitro groups is 1. The standard InChI is InChI=1S/C34H28N4O5S/c1-19-10-12-23(13-11-19)31-30(32(39)36-25-8-6-5-7-9-25)22(4)35-34-37(31)33(40)29(44-34)18-26-14-15-28(43-26)24-16-20(2)21(3)27(17-24)38(41)42/h5-18,31H,1-4H3,(H,36,39)/b29-18-. The van der Waals surface area contributed by atoms with Crippen molar-refractivity contribution in [3.8, 4) is 11.3 Å². The molecule has 0 bridgehead atoms. The first-order valence-electron chi connectivity index (χ1n) is 13.9. The summed E-state index contributed by atoms with van der Waals surface area (Å²) in [5, 5.41) is 14.5. The number of rotatable bonds is 6. The molecule has 2 aromatic heterocycles. The van der Waals surface area contributed by atoms with E-state index in [1.807, 2.05) is 62.4 Å². The van der Waals surface area contributed by atoms with Gasteiger partial charge in [-0.2, -0.15) is 0 Å². The Morgan fingerprint density at radius 3 is 2.45 bits per heavy atom. The van der Waals surface area contributed by atoms with Gasteiger partial charge in [-0.15, -0.1) is 0 Å². The summed E-state index contributed by atoms with van der Waals surface area (Å²) < 4.78 is 7.98. The number of para-hydroxylation sites is 1. The number of fused-ring (bicyclic) bond motifs is 1. The van der Waals surface area contributed by atoms with Gasteiger partial charge in [0.25, 0.3) is 17.2 Å². The van der Waals surface area contributed by atoms with E-state index in [1.165, 1.54) is 17.4 Å². The molecule has 1 atom stereocenters. The largest absolute Gasteiger partial charge is 0.457 e. The maximum absolute atomic E-state index is 14.0. The highest BCUT2D eigenvalue weighted by molar-refractivity contribution is 7.07. The number of nitrogens with one attached hydrogen (secondary N) is 1. The molecule has 0 radical (unpaired) electrons. The topological polar surface area (TPSA) is 120 Å². The van der Waals surface area contributed by atoms with Gasteiger partial charge in [0, 0.05) is 29.0 Å². The van der Waals surface area contributed by atoms with Gasteiger partial charge in [-0.1, -0.05) is 59.4 Å². The Balaban J connectivity index is 1.44. The monoisotopic (exact) mass is 604 g/mol. The van der Waals surface area contributed by atoms with Crippen LogP contribution in [0.3, 0.4) is 0 Å². The molecule has 5 aromatic rings. The SMILES string of the molecule is CC1=C(C(=O)Nc2ccccc2)C(c2ccc(C)cc2)n2c(s/c(=C\c3ccc(-c4cc(C)c(C)c([N+](=O)[O-])c4)o3)c2=O)=N1. The van der Waals surface area contributed by atoms with E-state index in [0.29, 0.717) is 48.9 Å². The van der Waals surface area contributed by atoms with Crippen LogP contribution in [0.2, 0.25) is 0 Å². The molecule has 0 saturated carbocycles. The number of nitro benzene ring substituents is 1. The Morgan fingerprint density at radius 1 is 1.02 bits per heavy atom. The normalized spacial score (nSPS) is 14.7. The van der Waals surface area contributed by atoms with Crippen molar-refractivity contribution in [1.82, 2.24) is 4.57 Å². The fraction of sp³-hybridized carbons (Fsp3) is 0.147. The summed E-state index contributed by atoms with van der Waals surface area (Å²) in [5.74, 6) is 0.523. The van der Waals surface area contributed by atoms with E-state index < -0.39 is 11.0 Å². The predicted octanol–water partition coefficient (Wildman–Crippen LogP) is 5.97. The molecule has 3 heterocycles. The Hall–Kier alpha value is -5.35. The Morgan fingerprint density at radius 2 is 1.75 bits per heavy atom. The Bertz CT molecular complexity index is 2160. The van der Waals surface area contributed by atoms with E-state index in [9.17, 15) is 19.7 Å². The average molecular weight is 605 g/mol. The third kappa shape index (κ3) is 5.31. The van der Waals surface area contributed by atoms with Gasteiger partial charge in [-0.05, 0) is 69.2 Å². The molecule has 1 unspecified atom stereocenters. The van der Waals surface area contributed by atoms with E-state index >= 15 is 0 Å². The second-order valence-electron chi connectivity index (χ2n) is 10.7. The fourth-order valence-electron chi connectivity index (χ4n) is 5.28. The maximum Gasteiger partial charge on any atom is 0.273 e. The van der Waals surface area contributed by atoms with Crippen LogP contribution in [0.15, 0.2) is 104 Å². The lowest BCUT2D eigenvalue weighted by molar-refractivity contribution is -0.385. The number of thiazole rings is 1. The molecule has 0 saturated heterocycles. The third-order valence-electron chi connectivity index (χ3n) is 7.71. The predicted molar refractivity (Wildman–Crippen MR) is 170 cm³/mol. The molecule has 1 N–H and O–H groups in total. The van der Waals surface area contributed by atoms with E-state index in [4.69, 9.17) is 4.42 Å². The van der Waals surface area contributed by atoms with Crippen molar-refractivity contribution >= 4 is 34.7 Å². The summed E-state index contributed by atoms with van der Waals surface area (Å²) in [6.07, 6.45) is 1.64. The molecule has 1 aliphatic heterocycles. The van der Waals surface area contributed by atoms with Crippen LogP contribution < -0.4 is 20.2 Å². The van der Waals surface area contributed by atoms with Gasteiger partial charge in [0.15, 0.2) is 4.80 Å². The highest BCUT2D eigenvalue weighted by Crippen LogP contribution is 2.32. The molecule has 0 spiro atoms. The molecule has 44 heavy (non-hydrogen) atoms. The first-order valence-corrected chi connectivity index (χ1v) is 14.7. The second kappa shape index (κ2) is 11.4. The van der Waals surface area contributed by atoms with Gasteiger partial charge in [-0.3, -0.25) is 24.3 Å². The van der Waals surface area contributed by atoms with Crippen LogP contribution in [-0.2, 0) is 4.79 Å². The molecular formula is C34H28N4O5S. The number of hydrogen-bond acceptors (Lipinski definition) is 7. The zero-order valence-corrected chi connectivity index (χ0v) is 25.3. The number of nitrogens with zero attached hydrogens (tertiary/aromatic N) is 3. The van der Waals surface area contributed by atoms with Crippen molar-refractivity contribution in [3.05, 3.63) is 148 Å². The molecular weight excluding hydrogens is 576 g/mol. The molecule has 0 aliphatic carbocycles. The highest BCUT2D eigenvalue weighted by atomic mass is 32.1. The van der Waals surface area contributed by atoms with Gasteiger partial charge in [0.05, 0.1) is 26.8 Å². The number of amides is 1. The molecule has 6 rings (SSSR count). The number of carbonyl (C=O) groups excluding carboxylic acids is 1. The molecule has 0 fully saturated rings. The number of carbonyl (C=O) groups is 1. The number of benzene rings is 3. The number of anilines is 1. The third-order valence-corrected chi connectivity index (χ3v) is 8.70. The van der Waals surface area contributed by atoms with E-state index in [1.54, 1.807) is 48.8 Å². The van der Waals surface area contributed by atoms with Crippen molar-refractivity contribution in [2.45, 2.75) is 33.7 Å².